The van der Waals surface area contributed by atoms with Crippen molar-refractivity contribution in [1.82, 2.24) is 0 Å². The van der Waals surface area contributed by atoms with E-state index in [1.54, 1.807) is 24.3 Å². The molecular formula is C17H20ClNO2S. The number of hydrogen-bond donors (Lipinski definition) is 1. The molecule has 0 aliphatic heterocycles. The zero-order chi connectivity index (χ0) is 16.5. The van der Waals surface area contributed by atoms with Crippen LogP contribution in [0.15, 0.2) is 47.4 Å². The fourth-order valence-corrected chi connectivity index (χ4v) is 3.76. The van der Waals surface area contributed by atoms with E-state index in [-0.39, 0.29) is 15.3 Å². The molecule has 2 aromatic carbocycles. The van der Waals surface area contributed by atoms with Crippen molar-refractivity contribution in [2.24, 2.45) is 0 Å². The molecule has 22 heavy (non-hydrogen) atoms. The second-order valence-corrected chi connectivity index (χ2v) is 8.37. The van der Waals surface area contributed by atoms with Gasteiger partial charge in [0.15, 0.2) is 0 Å². The molecule has 0 atom stereocenters. The summed E-state index contributed by atoms with van der Waals surface area (Å²) in [4.78, 5) is 0.0796. The van der Waals surface area contributed by atoms with Crippen molar-refractivity contribution in [1.29, 1.82) is 0 Å². The number of rotatable bonds is 3. The molecule has 0 aromatic heterocycles. The van der Waals surface area contributed by atoms with E-state index in [1.165, 1.54) is 6.07 Å². The van der Waals surface area contributed by atoms with Crippen molar-refractivity contribution in [3.8, 4) is 0 Å². The Bertz CT molecular complexity index is 793. The molecular weight excluding hydrogens is 318 g/mol. The SMILES string of the molecule is Cc1cc(C(C)(C)C)ccc1NS(=O)(=O)c1ccccc1Cl. The smallest absolute Gasteiger partial charge is 0.263 e. The minimum absolute atomic E-state index is 0.0188. The molecule has 2 rings (SSSR count). The number of benzene rings is 2. The summed E-state index contributed by atoms with van der Waals surface area (Å²) >= 11 is 5.98. The molecule has 1 N–H and O–H groups in total. The van der Waals surface area contributed by atoms with Crippen LogP contribution < -0.4 is 4.72 Å². The van der Waals surface area contributed by atoms with E-state index in [9.17, 15) is 8.42 Å². The number of aryl methyl sites for hydroxylation is 1. The largest absolute Gasteiger partial charge is 0.279 e. The topological polar surface area (TPSA) is 46.2 Å². The Hall–Kier alpha value is -1.52. The third kappa shape index (κ3) is 3.62. The highest BCUT2D eigenvalue weighted by Gasteiger charge is 2.19. The maximum atomic E-state index is 12.5. The quantitative estimate of drug-likeness (QED) is 0.878. The molecule has 0 saturated carbocycles. The molecule has 0 unspecified atom stereocenters. The third-order valence-corrected chi connectivity index (χ3v) is 5.33. The van der Waals surface area contributed by atoms with Crippen LogP contribution in [-0.4, -0.2) is 8.42 Å². The van der Waals surface area contributed by atoms with Gasteiger partial charge in [0.1, 0.15) is 4.90 Å². The average Bonchev–Trinajstić information content (AvgIpc) is 2.40. The molecule has 5 heteroatoms. The first kappa shape index (κ1) is 16.8. The highest BCUT2D eigenvalue weighted by Crippen LogP contribution is 2.29. The van der Waals surface area contributed by atoms with Gasteiger partial charge in [0, 0.05) is 0 Å². The molecule has 2 aromatic rings. The third-order valence-electron chi connectivity index (χ3n) is 3.46. The molecule has 3 nitrogen and oxygen atoms in total. The lowest BCUT2D eigenvalue weighted by atomic mass is 9.86. The Morgan fingerprint density at radius 2 is 1.68 bits per heavy atom. The van der Waals surface area contributed by atoms with Crippen molar-refractivity contribution < 1.29 is 8.42 Å². The second-order valence-electron chi connectivity index (χ2n) is 6.32. The number of sulfonamides is 1. The summed E-state index contributed by atoms with van der Waals surface area (Å²) in [6, 6.07) is 12.1. The van der Waals surface area contributed by atoms with Gasteiger partial charge in [-0.05, 0) is 41.7 Å². The Morgan fingerprint density at radius 3 is 2.23 bits per heavy atom. The summed E-state index contributed by atoms with van der Waals surface area (Å²) in [5.41, 5.74) is 2.62. The van der Waals surface area contributed by atoms with Crippen LogP contribution in [0.5, 0.6) is 0 Å². The first-order valence-electron chi connectivity index (χ1n) is 7.00. The molecule has 0 bridgehead atoms. The van der Waals surface area contributed by atoms with Crippen LogP contribution >= 0.6 is 11.6 Å². The standard InChI is InChI=1S/C17H20ClNO2S/c1-12-11-13(17(2,3)4)9-10-15(12)19-22(20,21)16-8-6-5-7-14(16)18/h5-11,19H,1-4H3. The number of hydrogen-bond acceptors (Lipinski definition) is 2. The maximum Gasteiger partial charge on any atom is 0.263 e. The Morgan fingerprint density at radius 1 is 1.05 bits per heavy atom. The monoisotopic (exact) mass is 337 g/mol. The van der Waals surface area contributed by atoms with Crippen molar-refractivity contribution in [2.75, 3.05) is 4.72 Å². The fraction of sp³-hybridized carbons (Fsp3) is 0.294. The fourth-order valence-electron chi connectivity index (χ4n) is 2.11. The lowest BCUT2D eigenvalue weighted by Crippen LogP contribution is -2.15. The van der Waals surface area contributed by atoms with E-state index < -0.39 is 10.0 Å². The average molecular weight is 338 g/mol. The predicted octanol–water partition coefficient (Wildman–Crippen LogP) is 4.75. The minimum Gasteiger partial charge on any atom is -0.279 e. The van der Waals surface area contributed by atoms with Crippen LogP contribution in [0.3, 0.4) is 0 Å². The summed E-state index contributed by atoms with van der Waals surface area (Å²) < 4.78 is 27.5. The second kappa shape index (κ2) is 5.94. The molecule has 0 fully saturated rings. The predicted molar refractivity (Wildman–Crippen MR) is 92.1 cm³/mol. The van der Waals surface area contributed by atoms with Crippen LogP contribution in [0.4, 0.5) is 5.69 Å². The van der Waals surface area contributed by atoms with Gasteiger partial charge in [0.25, 0.3) is 10.0 Å². The molecule has 0 spiro atoms. The Kier molecular flexibility index (Phi) is 4.54. The van der Waals surface area contributed by atoms with E-state index in [4.69, 9.17) is 11.6 Å². The summed E-state index contributed by atoms with van der Waals surface area (Å²) in [5, 5.41) is 0.207. The van der Waals surface area contributed by atoms with Crippen LogP contribution in [0.25, 0.3) is 0 Å². The van der Waals surface area contributed by atoms with Crippen molar-refractivity contribution in [2.45, 2.75) is 38.0 Å². The molecule has 118 valence electrons. The summed E-state index contributed by atoms with van der Waals surface area (Å²) in [6.07, 6.45) is 0. The van der Waals surface area contributed by atoms with Gasteiger partial charge in [-0.2, -0.15) is 0 Å². The molecule has 0 radical (unpaired) electrons. The van der Waals surface area contributed by atoms with Gasteiger partial charge >= 0.3 is 0 Å². The number of nitrogens with one attached hydrogen (secondary N) is 1. The van der Waals surface area contributed by atoms with Crippen molar-refractivity contribution >= 4 is 27.3 Å². The highest BCUT2D eigenvalue weighted by molar-refractivity contribution is 7.92. The lowest BCUT2D eigenvalue weighted by molar-refractivity contribution is 0.590. The molecule has 0 saturated heterocycles. The van der Waals surface area contributed by atoms with Gasteiger partial charge in [0.2, 0.25) is 0 Å². The first-order valence-corrected chi connectivity index (χ1v) is 8.86. The summed E-state index contributed by atoms with van der Waals surface area (Å²) in [6.45, 7) is 8.25. The van der Waals surface area contributed by atoms with Gasteiger partial charge in [-0.1, -0.05) is 56.6 Å². The van der Waals surface area contributed by atoms with E-state index >= 15 is 0 Å². The normalized spacial score (nSPS) is 12.2. The van der Waals surface area contributed by atoms with Crippen LogP contribution in [0.2, 0.25) is 5.02 Å². The minimum atomic E-state index is -3.70. The van der Waals surface area contributed by atoms with Crippen LogP contribution in [0, 0.1) is 6.92 Å². The summed E-state index contributed by atoms with van der Waals surface area (Å²) in [7, 11) is -3.70. The molecule has 0 aliphatic rings. The van der Waals surface area contributed by atoms with E-state index in [0.717, 1.165) is 11.1 Å². The number of halogens is 1. The van der Waals surface area contributed by atoms with Crippen molar-refractivity contribution in [3.63, 3.8) is 0 Å². The van der Waals surface area contributed by atoms with Gasteiger partial charge in [-0.25, -0.2) is 8.42 Å². The van der Waals surface area contributed by atoms with Gasteiger partial charge in [-0.15, -0.1) is 0 Å². The Labute approximate surface area is 137 Å². The summed E-state index contributed by atoms with van der Waals surface area (Å²) in [5.74, 6) is 0. The van der Waals surface area contributed by atoms with Crippen LogP contribution in [-0.2, 0) is 15.4 Å². The maximum absolute atomic E-state index is 12.5. The van der Waals surface area contributed by atoms with Crippen LogP contribution in [0.1, 0.15) is 31.9 Å². The lowest BCUT2D eigenvalue weighted by Gasteiger charge is -2.21. The zero-order valence-corrected chi connectivity index (χ0v) is 14.7. The van der Waals surface area contributed by atoms with Gasteiger partial charge < -0.3 is 0 Å². The van der Waals surface area contributed by atoms with E-state index in [0.29, 0.717) is 5.69 Å². The van der Waals surface area contributed by atoms with E-state index in [1.807, 2.05) is 19.1 Å². The molecule has 0 amide bonds. The molecule has 0 aliphatic carbocycles. The zero-order valence-electron chi connectivity index (χ0n) is 13.1. The highest BCUT2D eigenvalue weighted by atomic mass is 35.5. The van der Waals surface area contributed by atoms with Crippen molar-refractivity contribution in [3.05, 3.63) is 58.6 Å². The first-order chi connectivity index (χ1) is 10.1. The van der Waals surface area contributed by atoms with Gasteiger partial charge in [0.05, 0.1) is 10.7 Å². The van der Waals surface area contributed by atoms with Gasteiger partial charge in [-0.3, -0.25) is 4.72 Å². The Balaban J connectivity index is 2.37. The number of anilines is 1. The van der Waals surface area contributed by atoms with E-state index in [2.05, 4.69) is 25.5 Å². The molecule has 0 heterocycles.